The van der Waals surface area contributed by atoms with E-state index in [1.165, 1.54) is 0 Å². The molecular formula is C10H10Br2O2. The lowest BCUT2D eigenvalue weighted by atomic mass is 10.1. The molecule has 0 aliphatic heterocycles. The highest BCUT2D eigenvalue weighted by Crippen LogP contribution is 2.30. The molecule has 0 fully saturated rings. The van der Waals surface area contributed by atoms with Crippen molar-refractivity contribution in [3.8, 4) is 5.75 Å². The fourth-order valence-electron chi connectivity index (χ4n) is 1.25. The van der Waals surface area contributed by atoms with Gasteiger partial charge in [0.2, 0.25) is 0 Å². The van der Waals surface area contributed by atoms with Crippen molar-refractivity contribution in [1.29, 1.82) is 0 Å². The van der Waals surface area contributed by atoms with Crippen LogP contribution in [0.15, 0.2) is 16.6 Å². The summed E-state index contributed by atoms with van der Waals surface area (Å²) in [6, 6.07) is 3.77. The van der Waals surface area contributed by atoms with Crippen LogP contribution in [0.4, 0.5) is 0 Å². The Kier molecular flexibility index (Phi) is 4.13. The van der Waals surface area contributed by atoms with Gasteiger partial charge in [-0.3, -0.25) is 4.79 Å². The fourth-order valence-corrected chi connectivity index (χ4v) is 2.07. The summed E-state index contributed by atoms with van der Waals surface area (Å²) in [5.41, 5.74) is 1.56. The van der Waals surface area contributed by atoms with Crippen LogP contribution in [0.5, 0.6) is 5.75 Å². The Morgan fingerprint density at radius 2 is 2.14 bits per heavy atom. The minimum absolute atomic E-state index is 0.0115. The van der Waals surface area contributed by atoms with Crippen LogP contribution in [0.3, 0.4) is 0 Å². The molecule has 0 aliphatic carbocycles. The number of aryl methyl sites for hydroxylation is 1. The zero-order chi connectivity index (χ0) is 10.7. The molecule has 0 atom stereocenters. The van der Waals surface area contributed by atoms with Crippen LogP contribution >= 0.6 is 31.9 Å². The lowest BCUT2D eigenvalue weighted by Gasteiger charge is -2.11. The summed E-state index contributed by atoms with van der Waals surface area (Å²) in [7, 11) is 1.57. The molecule has 14 heavy (non-hydrogen) atoms. The third-order valence-corrected chi connectivity index (χ3v) is 3.08. The van der Waals surface area contributed by atoms with Crippen molar-refractivity contribution in [1.82, 2.24) is 0 Å². The van der Waals surface area contributed by atoms with E-state index in [-0.39, 0.29) is 5.78 Å². The Hall–Kier alpha value is -0.350. The number of methoxy groups -OCH3 is 1. The van der Waals surface area contributed by atoms with E-state index in [4.69, 9.17) is 4.74 Å². The summed E-state index contributed by atoms with van der Waals surface area (Å²) >= 11 is 6.49. The maximum Gasteiger partial charge on any atom is 0.178 e. The first-order valence-corrected chi connectivity index (χ1v) is 5.95. The summed E-state index contributed by atoms with van der Waals surface area (Å²) in [5.74, 6) is 0.654. The number of benzene rings is 1. The molecule has 0 bridgehead atoms. The molecule has 0 aromatic heterocycles. The highest BCUT2D eigenvalue weighted by molar-refractivity contribution is 9.10. The van der Waals surface area contributed by atoms with Crippen molar-refractivity contribution >= 4 is 37.6 Å². The Morgan fingerprint density at radius 3 is 2.64 bits per heavy atom. The summed E-state index contributed by atoms with van der Waals surface area (Å²) < 4.78 is 5.98. The molecule has 0 amide bonds. The van der Waals surface area contributed by atoms with E-state index in [2.05, 4.69) is 31.9 Å². The van der Waals surface area contributed by atoms with Gasteiger partial charge in [0.05, 0.1) is 18.0 Å². The first kappa shape index (κ1) is 11.7. The normalized spacial score (nSPS) is 10.0. The molecule has 1 rings (SSSR count). The van der Waals surface area contributed by atoms with E-state index < -0.39 is 0 Å². The smallest absolute Gasteiger partial charge is 0.178 e. The second kappa shape index (κ2) is 4.94. The number of Topliss-reactive ketones (excluding diaryl/α,β-unsaturated/α-hetero) is 1. The lowest BCUT2D eigenvalue weighted by Crippen LogP contribution is -2.05. The van der Waals surface area contributed by atoms with E-state index in [0.717, 1.165) is 10.0 Å². The quantitative estimate of drug-likeness (QED) is 0.630. The number of halogens is 2. The lowest BCUT2D eigenvalue weighted by molar-refractivity contribution is 0.102. The summed E-state index contributed by atoms with van der Waals surface area (Å²) in [6.45, 7) is 1.91. The van der Waals surface area contributed by atoms with Crippen LogP contribution in [0.1, 0.15) is 15.9 Å². The number of carbonyl (C=O) groups excluding carboxylic acids is 1. The van der Waals surface area contributed by atoms with Crippen LogP contribution < -0.4 is 4.74 Å². The van der Waals surface area contributed by atoms with Crippen molar-refractivity contribution in [3.63, 3.8) is 0 Å². The number of carbonyl (C=O) groups is 1. The molecule has 0 spiro atoms. The van der Waals surface area contributed by atoms with Crippen LogP contribution in [-0.4, -0.2) is 18.2 Å². The third kappa shape index (κ3) is 2.17. The van der Waals surface area contributed by atoms with E-state index in [1.54, 1.807) is 7.11 Å². The molecule has 1 aromatic rings. The maximum atomic E-state index is 11.6. The molecule has 0 radical (unpaired) electrons. The molecule has 2 nitrogen and oxygen atoms in total. The van der Waals surface area contributed by atoms with Crippen molar-refractivity contribution in [2.45, 2.75) is 6.92 Å². The highest BCUT2D eigenvalue weighted by Gasteiger charge is 2.16. The van der Waals surface area contributed by atoms with Gasteiger partial charge in [-0.25, -0.2) is 0 Å². The monoisotopic (exact) mass is 320 g/mol. The second-order valence-corrected chi connectivity index (χ2v) is 4.24. The number of ether oxygens (including phenoxy) is 1. The number of hydrogen-bond acceptors (Lipinski definition) is 2. The Balaban J connectivity index is 3.37. The Bertz CT molecular complexity index is 361. The van der Waals surface area contributed by atoms with Crippen LogP contribution in [-0.2, 0) is 0 Å². The minimum atomic E-state index is 0.0115. The molecule has 0 heterocycles. The van der Waals surface area contributed by atoms with E-state index in [0.29, 0.717) is 16.6 Å². The van der Waals surface area contributed by atoms with Gasteiger partial charge in [-0.15, -0.1) is 0 Å². The third-order valence-electron chi connectivity index (χ3n) is 1.91. The molecule has 0 aliphatic rings. The molecule has 4 heteroatoms. The standard InChI is InChI=1S/C10H10Br2O2/c1-6-3-4-7(12)9(8(13)5-11)10(6)14-2/h3-4H,5H2,1-2H3. The van der Waals surface area contributed by atoms with Gasteiger partial charge < -0.3 is 4.74 Å². The molecular weight excluding hydrogens is 312 g/mol. The van der Waals surface area contributed by atoms with Gasteiger partial charge in [0.25, 0.3) is 0 Å². The van der Waals surface area contributed by atoms with Crippen LogP contribution in [0.2, 0.25) is 0 Å². The number of hydrogen-bond donors (Lipinski definition) is 0. The van der Waals surface area contributed by atoms with Gasteiger partial charge in [0, 0.05) is 4.47 Å². The van der Waals surface area contributed by atoms with Gasteiger partial charge in [-0.05, 0) is 34.5 Å². The van der Waals surface area contributed by atoms with Crippen molar-refractivity contribution in [2.75, 3.05) is 12.4 Å². The predicted octanol–water partition coefficient (Wildman–Crippen LogP) is 3.34. The second-order valence-electron chi connectivity index (χ2n) is 2.83. The number of rotatable bonds is 3. The molecule has 1 aromatic carbocycles. The van der Waals surface area contributed by atoms with E-state index in [9.17, 15) is 4.79 Å². The van der Waals surface area contributed by atoms with Gasteiger partial charge in [-0.1, -0.05) is 22.0 Å². The number of ketones is 1. The van der Waals surface area contributed by atoms with E-state index >= 15 is 0 Å². The van der Waals surface area contributed by atoms with Crippen LogP contribution in [0, 0.1) is 6.92 Å². The molecule has 0 saturated carbocycles. The average Bonchev–Trinajstić information content (AvgIpc) is 2.19. The molecule has 0 N–H and O–H groups in total. The van der Waals surface area contributed by atoms with Gasteiger partial charge >= 0.3 is 0 Å². The number of alkyl halides is 1. The van der Waals surface area contributed by atoms with Crippen LogP contribution in [0.25, 0.3) is 0 Å². The Morgan fingerprint density at radius 1 is 1.50 bits per heavy atom. The average molecular weight is 322 g/mol. The highest BCUT2D eigenvalue weighted by atomic mass is 79.9. The topological polar surface area (TPSA) is 26.3 Å². The maximum absolute atomic E-state index is 11.6. The zero-order valence-corrected chi connectivity index (χ0v) is 11.1. The zero-order valence-electron chi connectivity index (χ0n) is 7.93. The predicted molar refractivity (Wildman–Crippen MR) is 63.6 cm³/mol. The molecule has 0 unspecified atom stereocenters. The Labute approximate surface area is 99.9 Å². The SMILES string of the molecule is COc1c(C)ccc(Br)c1C(=O)CBr. The van der Waals surface area contributed by atoms with Crippen molar-refractivity contribution in [2.24, 2.45) is 0 Å². The first-order chi connectivity index (χ1) is 6.61. The largest absolute Gasteiger partial charge is 0.496 e. The van der Waals surface area contributed by atoms with Gasteiger partial charge in [-0.2, -0.15) is 0 Å². The molecule has 0 saturated heterocycles. The van der Waals surface area contributed by atoms with Gasteiger partial charge in [0.15, 0.2) is 5.78 Å². The van der Waals surface area contributed by atoms with Gasteiger partial charge in [0.1, 0.15) is 5.75 Å². The summed E-state index contributed by atoms with van der Waals surface area (Å²) in [4.78, 5) is 11.6. The van der Waals surface area contributed by atoms with Crippen molar-refractivity contribution < 1.29 is 9.53 Å². The fraction of sp³-hybridized carbons (Fsp3) is 0.300. The minimum Gasteiger partial charge on any atom is -0.496 e. The summed E-state index contributed by atoms with van der Waals surface area (Å²) in [5, 5.41) is 0.297. The first-order valence-electron chi connectivity index (χ1n) is 4.04. The molecule has 76 valence electrons. The summed E-state index contributed by atoms with van der Waals surface area (Å²) in [6.07, 6.45) is 0. The van der Waals surface area contributed by atoms with Crippen molar-refractivity contribution in [3.05, 3.63) is 27.7 Å². The van der Waals surface area contributed by atoms with E-state index in [1.807, 2.05) is 19.1 Å².